The summed E-state index contributed by atoms with van der Waals surface area (Å²) < 4.78 is 11.1. The first-order valence-corrected chi connectivity index (χ1v) is 6.89. The Labute approximate surface area is 122 Å². The van der Waals surface area contributed by atoms with Gasteiger partial charge < -0.3 is 9.47 Å². The van der Waals surface area contributed by atoms with Crippen molar-refractivity contribution in [1.82, 2.24) is 0 Å². The molecule has 0 amide bonds. The van der Waals surface area contributed by atoms with Crippen LogP contribution >= 0.6 is 23.2 Å². The van der Waals surface area contributed by atoms with Crippen LogP contribution in [-0.4, -0.2) is 7.11 Å². The first-order valence-electron chi connectivity index (χ1n) is 5.82. The van der Waals surface area contributed by atoms with E-state index in [9.17, 15) is 0 Å². The molecule has 0 saturated heterocycles. The Hall–Kier alpha value is -1.38. The number of rotatable bonds is 5. The molecule has 0 aliphatic rings. The lowest BCUT2D eigenvalue weighted by Gasteiger charge is -2.11. The van der Waals surface area contributed by atoms with Gasteiger partial charge in [-0.05, 0) is 35.4 Å². The SMILES string of the molecule is COc1cc(CCl)ccc1Oc1cccc(CCl)c1. The van der Waals surface area contributed by atoms with E-state index in [2.05, 4.69) is 0 Å². The summed E-state index contributed by atoms with van der Waals surface area (Å²) in [5.41, 5.74) is 2.00. The highest BCUT2D eigenvalue weighted by molar-refractivity contribution is 6.17. The lowest BCUT2D eigenvalue weighted by molar-refractivity contribution is 0.378. The topological polar surface area (TPSA) is 18.5 Å². The third-order valence-electron chi connectivity index (χ3n) is 2.66. The normalized spacial score (nSPS) is 10.3. The number of methoxy groups -OCH3 is 1. The van der Waals surface area contributed by atoms with E-state index < -0.39 is 0 Å². The molecule has 0 unspecified atom stereocenters. The van der Waals surface area contributed by atoms with Crippen LogP contribution in [0.5, 0.6) is 17.2 Å². The minimum Gasteiger partial charge on any atom is -0.493 e. The van der Waals surface area contributed by atoms with Gasteiger partial charge in [0.05, 0.1) is 7.11 Å². The number of benzene rings is 2. The van der Waals surface area contributed by atoms with E-state index in [0.29, 0.717) is 23.3 Å². The first-order chi connectivity index (χ1) is 9.26. The van der Waals surface area contributed by atoms with Crippen molar-refractivity contribution in [1.29, 1.82) is 0 Å². The monoisotopic (exact) mass is 296 g/mol. The molecular formula is C15H14Cl2O2. The van der Waals surface area contributed by atoms with Gasteiger partial charge in [-0.1, -0.05) is 18.2 Å². The van der Waals surface area contributed by atoms with Crippen molar-refractivity contribution >= 4 is 23.2 Å². The van der Waals surface area contributed by atoms with Crippen LogP contribution in [0.4, 0.5) is 0 Å². The minimum atomic E-state index is 0.443. The molecule has 2 nitrogen and oxygen atoms in total. The van der Waals surface area contributed by atoms with E-state index in [4.69, 9.17) is 32.7 Å². The zero-order valence-electron chi connectivity index (χ0n) is 10.5. The lowest BCUT2D eigenvalue weighted by Crippen LogP contribution is -1.92. The summed E-state index contributed by atoms with van der Waals surface area (Å²) in [5.74, 6) is 2.95. The van der Waals surface area contributed by atoms with E-state index in [0.717, 1.165) is 16.9 Å². The van der Waals surface area contributed by atoms with Crippen molar-refractivity contribution < 1.29 is 9.47 Å². The van der Waals surface area contributed by atoms with Crippen molar-refractivity contribution in [3.8, 4) is 17.2 Å². The van der Waals surface area contributed by atoms with Gasteiger partial charge in [0, 0.05) is 11.8 Å². The van der Waals surface area contributed by atoms with Crippen LogP contribution in [0.1, 0.15) is 11.1 Å². The van der Waals surface area contributed by atoms with Crippen LogP contribution in [-0.2, 0) is 11.8 Å². The summed E-state index contributed by atoms with van der Waals surface area (Å²) in [7, 11) is 1.61. The van der Waals surface area contributed by atoms with Gasteiger partial charge in [-0.2, -0.15) is 0 Å². The highest BCUT2D eigenvalue weighted by Gasteiger charge is 2.07. The second-order valence-corrected chi connectivity index (χ2v) is 4.54. The molecule has 100 valence electrons. The molecule has 2 aromatic carbocycles. The molecule has 4 heteroatoms. The van der Waals surface area contributed by atoms with Gasteiger partial charge in [-0.15, -0.1) is 23.2 Å². The van der Waals surface area contributed by atoms with Crippen molar-refractivity contribution in [2.75, 3.05) is 7.11 Å². The van der Waals surface area contributed by atoms with E-state index in [-0.39, 0.29) is 0 Å². The summed E-state index contributed by atoms with van der Waals surface area (Å²) in [6, 6.07) is 13.3. The van der Waals surface area contributed by atoms with E-state index in [1.807, 2.05) is 42.5 Å². The van der Waals surface area contributed by atoms with Crippen molar-refractivity contribution in [2.45, 2.75) is 11.8 Å². The average molecular weight is 297 g/mol. The molecule has 0 bridgehead atoms. The van der Waals surface area contributed by atoms with Crippen molar-refractivity contribution in [3.63, 3.8) is 0 Å². The highest BCUT2D eigenvalue weighted by atomic mass is 35.5. The molecule has 2 rings (SSSR count). The number of hydrogen-bond donors (Lipinski definition) is 0. The first kappa shape index (κ1) is 14.0. The van der Waals surface area contributed by atoms with E-state index in [1.165, 1.54) is 0 Å². The third-order valence-corrected chi connectivity index (χ3v) is 3.28. The summed E-state index contributed by atoms with van der Waals surface area (Å²) in [4.78, 5) is 0. The summed E-state index contributed by atoms with van der Waals surface area (Å²) in [6.45, 7) is 0. The molecule has 0 N–H and O–H groups in total. The summed E-state index contributed by atoms with van der Waals surface area (Å²) in [5, 5.41) is 0. The van der Waals surface area contributed by atoms with Crippen molar-refractivity contribution in [2.24, 2.45) is 0 Å². The number of ether oxygens (including phenoxy) is 2. The zero-order chi connectivity index (χ0) is 13.7. The number of halogens is 2. The summed E-state index contributed by atoms with van der Waals surface area (Å²) >= 11 is 11.6. The molecule has 0 saturated carbocycles. The van der Waals surface area contributed by atoms with E-state index in [1.54, 1.807) is 7.11 Å². The second-order valence-electron chi connectivity index (χ2n) is 4.00. The van der Waals surface area contributed by atoms with Gasteiger partial charge >= 0.3 is 0 Å². The molecule has 0 aromatic heterocycles. The summed E-state index contributed by atoms with van der Waals surface area (Å²) in [6.07, 6.45) is 0. The predicted molar refractivity (Wildman–Crippen MR) is 78.6 cm³/mol. The number of alkyl halides is 2. The fourth-order valence-electron chi connectivity index (χ4n) is 1.70. The standard InChI is InChI=1S/C15H14Cl2O2/c1-18-15-8-12(10-17)5-6-14(15)19-13-4-2-3-11(7-13)9-16/h2-8H,9-10H2,1H3. The Morgan fingerprint density at radius 3 is 2.32 bits per heavy atom. The van der Waals surface area contributed by atoms with Crippen LogP contribution < -0.4 is 9.47 Å². The predicted octanol–water partition coefficient (Wildman–Crippen LogP) is 4.97. The largest absolute Gasteiger partial charge is 0.493 e. The van der Waals surface area contributed by atoms with Crippen LogP contribution in [0.3, 0.4) is 0 Å². The molecule has 0 aliphatic heterocycles. The van der Waals surface area contributed by atoms with Crippen molar-refractivity contribution in [3.05, 3.63) is 53.6 Å². The third kappa shape index (κ3) is 3.55. The molecule has 0 atom stereocenters. The van der Waals surface area contributed by atoms with Gasteiger partial charge in [0.15, 0.2) is 11.5 Å². The maximum atomic E-state index is 5.82. The highest BCUT2D eigenvalue weighted by Crippen LogP contribution is 2.33. The molecule has 0 heterocycles. The Bertz CT molecular complexity index is 556. The zero-order valence-corrected chi connectivity index (χ0v) is 12.0. The average Bonchev–Trinajstić information content (AvgIpc) is 2.48. The van der Waals surface area contributed by atoms with Gasteiger partial charge in [-0.25, -0.2) is 0 Å². The molecule has 2 aromatic rings. The Balaban J connectivity index is 2.26. The smallest absolute Gasteiger partial charge is 0.169 e. The van der Waals surface area contributed by atoms with Gasteiger partial charge in [0.2, 0.25) is 0 Å². The van der Waals surface area contributed by atoms with Crippen LogP contribution in [0.15, 0.2) is 42.5 Å². The fraction of sp³-hybridized carbons (Fsp3) is 0.200. The minimum absolute atomic E-state index is 0.443. The lowest BCUT2D eigenvalue weighted by atomic mass is 10.2. The Kier molecular flexibility index (Phi) is 4.94. The Morgan fingerprint density at radius 1 is 0.895 bits per heavy atom. The van der Waals surface area contributed by atoms with Crippen LogP contribution in [0.2, 0.25) is 0 Å². The van der Waals surface area contributed by atoms with Gasteiger partial charge in [0.25, 0.3) is 0 Å². The molecular weight excluding hydrogens is 283 g/mol. The van der Waals surface area contributed by atoms with Gasteiger partial charge in [-0.3, -0.25) is 0 Å². The fourth-order valence-corrected chi connectivity index (χ4v) is 2.03. The van der Waals surface area contributed by atoms with Crippen LogP contribution in [0.25, 0.3) is 0 Å². The number of hydrogen-bond acceptors (Lipinski definition) is 2. The molecule has 19 heavy (non-hydrogen) atoms. The Morgan fingerprint density at radius 2 is 1.63 bits per heavy atom. The van der Waals surface area contributed by atoms with E-state index >= 15 is 0 Å². The second kappa shape index (κ2) is 6.69. The maximum Gasteiger partial charge on any atom is 0.169 e. The molecule has 0 fully saturated rings. The molecule has 0 aliphatic carbocycles. The maximum absolute atomic E-state index is 5.82. The van der Waals surface area contributed by atoms with Crippen LogP contribution in [0, 0.1) is 0 Å². The van der Waals surface area contributed by atoms with Gasteiger partial charge in [0.1, 0.15) is 5.75 Å². The molecule has 0 radical (unpaired) electrons. The molecule has 0 spiro atoms. The quantitative estimate of drug-likeness (QED) is 0.726.